The lowest BCUT2D eigenvalue weighted by atomic mass is 10.1. The van der Waals surface area contributed by atoms with E-state index in [1.165, 1.54) is 24.8 Å². The summed E-state index contributed by atoms with van der Waals surface area (Å²) >= 11 is 0. The van der Waals surface area contributed by atoms with Gasteiger partial charge >= 0.3 is 0 Å². The minimum atomic E-state index is -0.955. The van der Waals surface area contributed by atoms with Crippen molar-refractivity contribution in [3.63, 3.8) is 0 Å². The van der Waals surface area contributed by atoms with Gasteiger partial charge in [-0.25, -0.2) is 33.1 Å². The number of fused-ring (bicyclic) bond motifs is 2. The van der Waals surface area contributed by atoms with Gasteiger partial charge in [-0.15, -0.1) is 0 Å². The summed E-state index contributed by atoms with van der Waals surface area (Å²) in [6.45, 7) is 1.84. The smallest absolute Gasteiger partial charge is 0.266 e. The predicted molar refractivity (Wildman–Crippen MR) is 116 cm³/mol. The van der Waals surface area contributed by atoms with Crippen LogP contribution in [0.15, 0.2) is 53.8 Å². The number of halogens is 3. The van der Waals surface area contributed by atoms with E-state index in [1.54, 1.807) is 0 Å². The van der Waals surface area contributed by atoms with Crippen LogP contribution in [0.4, 0.5) is 19.0 Å². The first-order valence-electron chi connectivity index (χ1n) is 10.0. The van der Waals surface area contributed by atoms with Crippen LogP contribution in [0.1, 0.15) is 25.2 Å². The fourth-order valence-electron chi connectivity index (χ4n) is 3.69. The fraction of sp³-hybridized carbons (Fsp3) is 0.136. The second-order valence-corrected chi connectivity index (χ2v) is 7.30. The van der Waals surface area contributed by atoms with Gasteiger partial charge < -0.3 is 10.3 Å². The van der Waals surface area contributed by atoms with E-state index in [0.717, 1.165) is 22.8 Å². The minimum Gasteiger partial charge on any atom is -0.358 e. The van der Waals surface area contributed by atoms with E-state index in [4.69, 9.17) is 0 Å². The number of aromatic nitrogens is 6. The van der Waals surface area contributed by atoms with Crippen LogP contribution in [0.3, 0.4) is 0 Å². The molecule has 33 heavy (non-hydrogen) atoms. The van der Waals surface area contributed by atoms with Gasteiger partial charge in [0, 0.05) is 6.07 Å². The molecule has 8 nitrogen and oxygen atoms in total. The Morgan fingerprint density at radius 1 is 1.06 bits per heavy atom. The van der Waals surface area contributed by atoms with Crippen LogP contribution >= 0.6 is 0 Å². The molecule has 0 saturated heterocycles. The number of H-pyrrole nitrogens is 1. The number of aromatic amines is 1. The highest BCUT2D eigenvalue weighted by molar-refractivity contribution is 5.82. The standard InChI is InChI=1S/C22H16F3N7O/c1-2-15(30-20-18-19(27-9-26-18)28-10-29-20)21-31-16-5-3-11(23)7-13(16)22(33)32(21)17-6-4-12(24)8-14(17)25/h3-10,15H,2H2,1H3,(H2,26,27,28,29,30)/t15-/m0/s1. The third-order valence-electron chi connectivity index (χ3n) is 5.26. The first-order valence-corrected chi connectivity index (χ1v) is 10.0. The maximum absolute atomic E-state index is 14.8. The topological polar surface area (TPSA) is 101 Å². The molecule has 0 bridgehead atoms. The first kappa shape index (κ1) is 20.6. The Kier molecular flexibility index (Phi) is 5.00. The number of hydrogen-bond donors (Lipinski definition) is 2. The maximum Gasteiger partial charge on any atom is 0.266 e. The average molecular weight is 451 g/mol. The van der Waals surface area contributed by atoms with Crippen molar-refractivity contribution in [2.45, 2.75) is 19.4 Å². The third-order valence-corrected chi connectivity index (χ3v) is 5.26. The molecule has 5 aromatic rings. The van der Waals surface area contributed by atoms with Gasteiger partial charge in [0.25, 0.3) is 5.56 Å². The van der Waals surface area contributed by atoms with Crippen LogP contribution in [0.2, 0.25) is 0 Å². The minimum absolute atomic E-state index is 0.0321. The molecule has 1 atom stereocenters. The molecule has 0 saturated carbocycles. The number of anilines is 1. The summed E-state index contributed by atoms with van der Waals surface area (Å²) in [7, 11) is 0. The molecule has 0 aliphatic carbocycles. The van der Waals surface area contributed by atoms with Crippen LogP contribution in [-0.4, -0.2) is 29.5 Å². The summed E-state index contributed by atoms with van der Waals surface area (Å²) in [6, 6.07) is 5.84. The number of nitrogens with one attached hydrogen (secondary N) is 2. The number of nitrogens with zero attached hydrogens (tertiary/aromatic N) is 5. The summed E-state index contributed by atoms with van der Waals surface area (Å²) in [5.41, 5.74) is 0.330. The van der Waals surface area contributed by atoms with E-state index >= 15 is 0 Å². The molecule has 3 heterocycles. The lowest BCUT2D eigenvalue weighted by Gasteiger charge is -2.22. The van der Waals surface area contributed by atoms with Gasteiger partial charge in [-0.2, -0.15) is 0 Å². The Morgan fingerprint density at radius 3 is 2.64 bits per heavy atom. The van der Waals surface area contributed by atoms with Crippen molar-refractivity contribution in [3.05, 3.63) is 82.7 Å². The van der Waals surface area contributed by atoms with Crippen molar-refractivity contribution in [3.8, 4) is 5.69 Å². The van der Waals surface area contributed by atoms with Gasteiger partial charge in [-0.3, -0.25) is 9.36 Å². The quantitative estimate of drug-likeness (QED) is 0.418. The number of benzene rings is 2. The third kappa shape index (κ3) is 3.56. The molecule has 5 rings (SSSR count). The van der Waals surface area contributed by atoms with E-state index in [-0.39, 0.29) is 22.4 Å². The zero-order valence-electron chi connectivity index (χ0n) is 17.2. The van der Waals surface area contributed by atoms with E-state index in [0.29, 0.717) is 29.5 Å². The highest BCUT2D eigenvalue weighted by Gasteiger charge is 2.23. The molecule has 11 heteroatoms. The molecule has 0 amide bonds. The summed E-state index contributed by atoms with van der Waals surface area (Å²) < 4.78 is 43.3. The molecule has 2 aromatic carbocycles. The molecule has 0 unspecified atom stereocenters. The lowest BCUT2D eigenvalue weighted by Crippen LogP contribution is -2.29. The molecule has 0 radical (unpaired) electrons. The highest BCUT2D eigenvalue weighted by atomic mass is 19.1. The Balaban J connectivity index is 1.75. The monoisotopic (exact) mass is 451 g/mol. The molecule has 0 fully saturated rings. The number of imidazole rings is 1. The van der Waals surface area contributed by atoms with Crippen molar-refractivity contribution in [2.75, 3.05) is 5.32 Å². The van der Waals surface area contributed by atoms with Gasteiger partial charge in [-0.1, -0.05) is 6.92 Å². The second kappa shape index (κ2) is 8.01. The summed E-state index contributed by atoms with van der Waals surface area (Å²) in [5.74, 6) is -1.82. The van der Waals surface area contributed by atoms with Crippen LogP contribution in [0, 0.1) is 17.5 Å². The molecule has 0 aliphatic heterocycles. The fourth-order valence-corrected chi connectivity index (χ4v) is 3.69. The normalized spacial score (nSPS) is 12.4. The molecule has 3 aromatic heterocycles. The van der Waals surface area contributed by atoms with Gasteiger partial charge in [-0.05, 0) is 36.8 Å². The van der Waals surface area contributed by atoms with E-state index < -0.39 is 29.1 Å². The van der Waals surface area contributed by atoms with Crippen molar-refractivity contribution < 1.29 is 13.2 Å². The SMILES string of the molecule is CC[C@H](Nc1ncnc2nc[nH]c12)c1nc2ccc(F)cc2c(=O)n1-c1ccc(F)cc1F. The molecule has 166 valence electrons. The van der Waals surface area contributed by atoms with Crippen molar-refractivity contribution in [1.82, 2.24) is 29.5 Å². The van der Waals surface area contributed by atoms with E-state index in [9.17, 15) is 18.0 Å². The van der Waals surface area contributed by atoms with E-state index in [2.05, 4.69) is 30.2 Å². The molecular formula is C22H16F3N7O. The molecule has 0 spiro atoms. The zero-order chi connectivity index (χ0) is 23.1. The molecule has 0 aliphatic rings. The van der Waals surface area contributed by atoms with Gasteiger partial charge in [0.15, 0.2) is 11.5 Å². The highest BCUT2D eigenvalue weighted by Crippen LogP contribution is 2.27. The largest absolute Gasteiger partial charge is 0.358 e. The maximum atomic E-state index is 14.8. The Hall–Kier alpha value is -4.28. The Labute approximate surface area is 184 Å². The van der Waals surface area contributed by atoms with Crippen molar-refractivity contribution >= 4 is 27.9 Å². The average Bonchev–Trinajstić information content (AvgIpc) is 3.28. The summed E-state index contributed by atoms with van der Waals surface area (Å²) in [6.07, 6.45) is 3.22. The van der Waals surface area contributed by atoms with Crippen molar-refractivity contribution in [1.29, 1.82) is 0 Å². The Bertz CT molecular complexity index is 1560. The van der Waals surface area contributed by atoms with Gasteiger partial charge in [0.05, 0.1) is 29.0 Å². The number of rotatable bonds is 5. The van der Waals surface area contributed by atoms with Crippen LogP contribution in [0.5, 0.6) is 0 Å². The van der Waals surface area contributed by atoms with E-state index in [1.807, 2.05) is 6.92 Å². The Morgan fingerprint density at radius 2 is 1.85 bits per heavy atom. The zero-order valence-corrected chi connectivity index (χ0v) is 17.2. The van der Waals surface area contributed by atoms with Crippen LogP contribution in [-0.2, 0) is 0 Å². The molecule has 2 N–H and O–H groups in total. The van der Waals surface area contributed by atoms with Gasteiger partial charge in [0.1, 0.15) is 35.1 Å². The number of hydrogen-bond acceptors (Lipinski definition) is 6. The molecular weight excluding hydrogens is 435 g/mol. The predicted octanol–water partition coefficient (Wildman–Crippen LogP) is 4.03. The summed E-state index contributed by atoms with van der Waals surface area (Å²) in [4.78, 5) is 33.3. The lowest BCUT2D eigenvalue weighted by molar-refractivity contribution is 0.569. The van der Waals surface area contributed by atoms with Crippen molar-refractivity contribution in [2.24, 2.45) is 0 Å². The van der Waals surface area contributed by atoms with Crippen LogP contribution < -0.4 is 10.9 Å². The first-order chi connectivity index (χ1) is 16.0. The van der Waals surface area contributed by atoms with Gasteiger partial charge in [0.2, 0.25) is 0 Å². The second-order valence-electron chi connectivity index (χ2n) is 7.30. The summed E-state index contributed by atoms with van der Waals surface area (Å²) in [5, 5.41) is 3.17. The van der Waals surface area contributed by atoms with Crippen LogP contribution in [0.25, 0.3) is 27.8 Å².